The third kappa shape index (κ3) is 5.92. The van der Waals surface area contributed by atoms with E-state index < -0.39 is 0 Å². The van der Waals surface area contributed by atoms with Crippen molar-refractivity contribution < 1.29 is 4.74 Å². The molecule has 21 heavy (non-hydrogen) atoms. The Balaban J connectivity index is 1.78. The van der Waals surface area contributed by atoms with Gasteiger partial charge < -0.3 is 10.1 Å². The largest absolute Gasteiger partial charge is 0.477 e. The Morgan fingerprint density at radius 2 is 2.05 bits per heavy atom. The van der Waals surface area contributed by atoms with Crippen LogP contribution in [-0.2, 0) is 13.0 Å². The van der Waals surface area contributed by atoms with E-state index in [1.54, 1.807) is 12.4 Å². The van der Waals surface area contributed by atoms with Crippen molar-refractivity contribution in [3.05, 3.63) is 54.0 Å². The summed E-state index contributed by atoms with van der Waals surface area (Å²) < 4.78 is 5.70. The fraction of sp³-hybridized carbons (Fsp3) is 0.412. The van der Waals surface area contributed by atoms with Crippen LogP contribution >= 0.6 is 0 Å². The van der Waals surface area contributed by atoms with Gasteiger partial charge in [-0.05, 0) is 36.2 Å². The van der Waals surface area contributed by atoms with Crippen molar-refractivity contribution in [2.24, 2.45) is 5.92 Å². The molecular formula is C17H23N3O. The van der Waals surface area contributed by atoms with Crippen LogP contribution in [0.4, 0.5) is 0 Å². The number of hydrogen-bond acceptors (Lipinski definition) is 4. The topological polar surface area (TPSA) is 47.0 Å². The van der Waals surface area contributed by atoms with Gasteiger partial charge in [-0.3, -0.25) is 4.98 Å². The van der Waals surface area contributed by atoms with E-state index in [-0.39, 0.29) is 0 Å². The smallest absolute Gasteiger partial charge is 0.213 e. The Hall–Kier alpha value is -1.94. The second-order valence-electron chi connectivity index (χ2n) is 5.45. The lowest BCUT2D eigenvalue weighted by molar-refractivity contribution is 0.308. The number of aromatic nitrogens is 2. The lowest BCUT2D eigenvalue weighted by Gasteiger charge is -2.09. The van der Waals surface area contributed by atoms with Gasteiger partial charge in [-0.2, -0.15) is 0 Å². The number of ether oxygens (including phenoxy) is 1. The van der Waals surface area contributed by atoms with Crippen LogP contribution in [0.25, 0.3) is 0 Å². The van der Waals surface area contributed by atoms with Crippen molar-refractivity contribution in [2.45, 2.75) is 26.8 Å². The molecule has 1 N–H and O–H groups in total. The van der Waals surface area contributed by atoms with Crippen LogP contribution in [0.15, 0.2) is 42.7 Å². The zero-order chi connectivity index (χ0) is 14.9. The monoisotopic (exact) mass is 285 g/mol. The molecule has 0 saturated carbocycles. The molecule has 2 rings (SSSR count). The summed E-state index contributed by atoms with van der Waals surface area (Å²) in [6.45, 7) is 6.85. The van der Waals surface area contributed by atoms with Gasteiger partial charge in [0.05, 0.1) is 6.61 Å². The highest BCUT2D eigenvalue weighted by Crippen LogP contribution is 2.10. The van der Waals surface area contributed by atoms with E-state index in [9.17, 15) is 0 Å². The highest BCUT2D eigenvalue weighted by Gasteiger charge is 2.00. The first-order valence-electron chi connectivity index (χ1n) is 7.42. The van der Waals surface area contributed by atoms with Crippen LogP contribution in [0.1, 0.15) is 25.1 Å². The zero-order valence-corrected chi connectivity index (χ0v) is 12.7. The predicted molar refractivity (Wildman–Crippen MR) is 84.2 cm³/mol. The molecule has 0 saturated heterocycles. The molecule has 0 spiro atoms. The number of nitrogens with zero attached hydrogens (tertiary/aromatic N) is 2. The molecule has 0 fully saturated rings. The van der Waals surface area contributed by atoms with Crippen LogP contribution in [0, 0.1) is 5.92 Å². The normalized spacial score (nSPS) is 10.8. The van der Waals surface area contributed by atoms with E-state index in [1.807, 2.05) is 30.3 Å². The molecule has 0 aliphatic rings. The minimum Gasteiger partial charge on any atom is -0.477 e. The molecule has 2 heterocycles. The predicted octanol–water partition coefficient (Wildman–Crippen LogP) is 2.84. The van der Waals surface area contributed by atoms with Gasteiger partial charge >= 0.3 is 0 Å². The van der Waals surface area contributed by atoms with Crippen molar-refractivity contribution in [2.75, 3.05) is 13.2 Å². The van der Waals surface area contributed by atoms with E-state index in [0.717, 1.165) is 25.2 Å². The first-order chi connectivity index (χ1) is 10.2. The van der Waals surface area contributed by atoms with E-state index in [0.29, 0.717) is 18.4 Å². The summed E-state index contributed by atoms with van der Waals surface area (Å²) in [7, 11) is 0. The van der Waals surface area contributed by atoms with Crippen LogP contribution in [0.5, 0.6) is 5.88 Å². The molecule has 2 aromatic heterocycles. The van der Waals surface area contributed by atoms with Gasteiger partial charge in [-0.25, -0.2) is 4.98 Å². The molecule has 0 unspecified atom stereocenters. The minimum absolute atomic E-state index is 0.590. The van der Waals surface area contributed by atoms with Crippen LogP contribution in [0.3, 0.4) is 0 Å². The first-order valence-corrected chi connectivity index (χ1v) is 7.42. The van der Waals surface area contributed by atoms with Crippen molar-refractivity contribution in [1.82, 2.24) is 15.3 Å². The highest BCUT2D eigenvalue weighted by atomic mass is 16.5. The summed E-state index contributed by atoms with van der Waals surface area (Å²) >= 11 is 0. The van der Waals surface area contributed by atoms with E-state index in [1.165, 1.54) is 5.56 Å². The minimum atomic E-state index is 0.590. The van der Waals surface area contributed by atoms with Gasteiger partial charge in [0.1, 0.15) is 0 Å². The summed E-state index contributed by atoms with van der Waals surface area (Å²) in [4.78, 5) is 8.52. The molecular weight excluding hydrogens is 262 g/mol. The Morgan fingerprint density at radius 1 is 1.14 bits per heavy atom. The van der Waals surface area contributed by atoms with Gasteiger partial charge in [-0.1, -0.05) is 19.9 Å². The van der Waals surface area contributed by atoms with Crippen molar-refractivity contribution in [3.8, 4) is 5.88 Å². The Morgan fingerprint density at radius 3 is 2.81 bits per heavy atom. The lowest BCUT2D eigenvalue weighted by Crippen LogP contribution is -2.19. The second-order valence-corrected chi connectivity index (χ2v) is 5.45. The zero-order valence-electron chi connectivity index (χ0n) is 12.7. The van der Waals surface area contributed by atoms with E-state index >= 15 is 0 Å². The number of pyridine rings is 2. The Bertz CT molecular complexity index is 529. The molecule has 0 amide bonds. The molecule has 0 radical (unpaired) electrons. The number of hydrogen-bond donors (Lipinski definition) is 1. The maximum absolute atomic E-state index is 5.70. The molecule has 0 bridgehead atoms. The summed E-state index contributed by atoms with van der Waals surface area (Å²) in [6.07, 6.45) is 4.38. The van der Waals surface area contributed by atoms with Gasteiger partial charge in [-0.15, -0.1) is 0 Å². The van der Waals surface area contributed by atoms with Crippen molar-refractivity contribution in [1.29, 1.82) is 0 Å². The van der Waals surface area contributed by atoms with Gasteiger partial charge in [0.25, 0.3) is 0 Å². The van der Waals surface area contributed by atoms with E-state index in [2.05, 4.69) is 29.1 Å². The molecule has 0 aliphatic carbocycles. The number of rotatable bonds is 8. The molecule has 4 nitrogen and oxygen atoms in total. The first kappa shape index (κ1) is 15.4. The Kier molecular flexibility index (Phi) is 6.16. The van der Waals surface area contributed by atoms with Gasteiger partial charge in [0.2, 0.25) is 5.88 Å². The van der Waals surface area contributed by atoms with Gasteiger partial charge in [0, 0.05) is 37.1 Å². The molecule has 0 atom stereocenters. The van der Waals surface area contributed by atoms with Crippen LogP contribution in [0.2, 0.25) is 0 Å². The maximum Gasteiger partial charge on any atom is 0.213 e. The molecule has 0 aliphatic heterocycles. The average Bonchev–Trinajstić information content (AvgIpc) is 2.48. The molecule has 2 aromatic rings. The average molecular weight is 285 g/mol. The summed E-state index contributed by atoms with van der Waals surface area (Å²) in [5.41, 5.74) is 2.23. The van der Waals surface area contributed by atoms with Crippen molar-refractivity contribution in [3.63, 3.8) is 0 Å². The Labute approximate surface area is 126 Å². The summed E-state index contributed by atoms with van der Waals surface area (Å²) in [5, 5.41) is 3.42. The third-order valence-corrected chi connectivity index (χ3v) is 3.02. The number of nitrogens with one attached hydrogen (secondary N) is 1. The van der Waals surface area contributed by atoms with Crippen LogP contribution < -0.4 is 10.1 Å². The molecule has 112 valence electrons. The summed E-state index contributed by atoms with van der Waals surface area (Å²) in [5.74, 6) is 1.33. The quantitative estimate of drug-likeness (QED) is 0.810. The second kappa shape index (κ2) is 8.37. The van der Waals surface area contributed by atoms with Crippen molar-refractivity contribution >= 4 is 0 Å². The fourth-order valence-corrected chi connectivity index (χ4v) is 1.95. The molecule has 4 heteroatoms. The summed E-state index contributed by atoms with van der Waals surface area (Å²) in [6, 6.07) is 9.91. The standard InChI is InChI=1S/C17H23N3O/c1-14(2)12-18-13-15-6-9-20-17(11-15)21-10-7-16-5-3-4-8-19-16/h3-6,8-9,11,14,18H,7,10,12-13H2,1-2H3. The maximum atomic E-state index is 5.70. The van der Waals surface area contributed by atoms with Crippen LogP contribution in [-0.4, -0.2) is 23.1 Å². The van der Waals surface area contributed by atoms with Gasteiger partial charge in [0.15, 0.2) is 0 Å². The third-order valence-electron chi connectivity index (χ3n) is 3.02. The van der Waals surface area contributed by atoms with E-state index in [4.69, 9.17) is 4.74 Å². The highest BCUT2D eigenvalue weighted by molar-refractivity contribution is 5.20. The molecule has 0 aromatic carbocycles. The lowest BCUT2D eigenvalue weighted by atomic mass is 10.2. The fourth-order valence-electron chi connectivity index (χ4n) is 1.95. The SMILES string of the molecule is CC(C)CNCc1ccnc(OCCc2ccccn2)c1.